The maximum atomic E-state index is 12.8. The summed E-state index contributed by atoms with van der Waals surface area (Å²) in [7, 11) is 0. The van der Waals surface area contributed by atoms with Gasteiger partial charge in [0.1, 0.15) is 6.04 Å². The lowest BCUT2D eigenvalue weighted by atomic mass is 9.98. The molecule has 0 bridgehead atoms. The number of carbonyl (C=O) groups is 3. The van der Waals surface area contributed by atoms with Gasteiger partial charge in [0.15, 0.2) is 0 Å². The first-order valence-corrected chi connectivity index (χ1v) is 9.13. The monoisotopic (exact) mass is 357 g/mol. The second kappa shape index (κ2) is 11.2. The van der Waals surface area contributed by atoms with Crippen LogP contribution in [0.4, 0.5) is 0 Å². The second-order valence-corrected chi connectivity index (χ2v) is 7.51. The van der Waals surface area contributed by atoms with Crippen LogP contribution in [0.2, 0.25) is 0 Å². The van der Waals surface area contributed by atoms with Crippen LogP contribution >= 0.6 is 0 Å². The van der Waals surface area contributed by atoms with Crippen molar-refractivity contribution < 1.29 is 19.5 Å². The Labute approximate surface area is 151 Å². The molecule has 25 heavy (non-hydrogen) atoms. The van der Waals surface area contributed by atoms with E-state index < -0.39 is 35.9 Å². The Kier molecular flexibility index (Phi) is 10.5. The lowest BCUT2D eigenvalue weighted by Crippen LogP contribution is -2.58. The van der Waals surface area contributed by atoms with E-state index in [0.29, 0.717) is 19.3 Å². The first-order valence-electron chi connectivity index (χ1n) is 9.13. The Balaban J connectivity index is 5.64. The van der Waals surface area contributed by atoms with Crippen LogP contribution < -0.4 is 11.5 Å². The first-order chi connectivity index (χ1) is 11.5. The fourth-order valence-corrected chi connectivity index (χ4v) is 2.75. The molecule has 2 amide bonds. The average molecular weight is 357 g/mol. The van der Waals surface area contributed by atoms with E-state index in [1.165, 1.54) is 0 Å². The van der Waals surface area contributed by atoms with Gasteiger partial charge in [0, 0.05) is 0 Å². The molecule has 0 aliphatic rings. The summed E-state index contributed by atoms with van der Waals surface area (Å²) in [5.74, 6) is -2.20. The van der Waals surface area contributed by atoms with Crippen molar-refractivity contribution in [2.24, 2.45) is 23.3 Å². The summed E-state index contributed by atoms with van der Waals surface area (Å²) in [6.07, 6.45) is 2.30. The molecule has 0 spiro atoms. The van der Waals surface area contributed by atoms with Gasteiger partial charge in [0.05, 0.1) is 12.1 Å². The van der Waals surface area contributed by atoms with Gasteiger partial charge in [0.2, 0.25) is 11.8 Å². The van der Waals surface area contributed by atoms with Gasteiger partial charge in [-0.15, -0.1) is 0 Å². The van der Waals surface area contributed by atoms with Gasteiger partial charge >= 0.3 is 5.97 Å². The maximum absolute atomic E-state index is 12.8. The molecule has 0 aliphatic carbocycles. The highest BCUT2D eigenvalue weighted by Gasteiger charge is 2.38. The Morgan fingerprint density at radius 3 is 1.60 bits per heavy atom. The Morgan fingerprint density at radius 2 is 1.32 bits per heavy atom. The van der Waals surface area contributed by atoms with Crippen LogP contribution in [0.25, 0.3) is 0 Å². The van der Waals surface area contributed by atoms with E-state index in [1.807, 2.05) is 34.6 Å². The number of aliphatic carboxylic acids is 1. The van der Waals surface area contributed by atoms with E-state index in [9.17, 15) is 19.5 Å². The van der Waals surface area contributed by atoms with E-state index in [0.717, 1.165) is 11.3 Å². The summed E-state index contributed by atoms with van der Waals surface area (Å²) in [6.45, 7) is 9.57. The van der Waals surface area contributed by atoms with Crippen LogP contribution in [0.3, 0.4) is 0 Å². The molecule has 146 valence electrons. The van der Waals surface area contributed by atoms with E-state index >= 15 is 0 Å². The molecule has 0 aliphatic heterocycles. The van der Waals surface area contributed by atoms with Crippen molar-refractivity contribution in [2.75, 3.05) is 0 Å². The summed E-state index contributed by atoms with van der Waals surface area (Å²) >= 11 is 0. The number of hydrogen-bond acceptors (Lipinski definition) is 5. The van der Waals surface area contributed by atoms with Gasteiger partial charge in [-0.25, -0.2) is 4.79 Å². The summed E-state index contributed by atoms with van der Waals surface area (Å²) in [4.78, 5) is 38.1. The van der Waals surface area contributed by atoms with Gasteiger partial charge in [-0.2, -0.15) is 0 Å². The molecule has 0 radical (unpaired) electrons. The number of amides is 2. The SMILES string of the molecule is CCCCC(C(=O)O)N(C(=O)C(N)CC(C)C)C(=O)C(N)CC(C)C. The number of nitrogens with two attached hydrogens (primary N) is 2. The third-order valence-corrected chi connectivity index (χ3v) is 3.99. The molecule has 0 aromatic rings. The fourth-order valence-electron chi connectivity index (χ4n) is 2.75. The zero-order chi connectivity index (χ0) is 19.7. The average Bonchev–Trinajstić information content (AvgIpc) is 2.48. The molecule has 0 heterocycles. The Hall–Kier alpha value is -1.47. The molecule has 3 unspecified atom stereocenters. The predicted octanol–water partition coefficient (Wildman–Crippen LogP) is 1.73. The normalized spacial score (nSPS) is 15.1. The number of rotatable bonds is 11. The van der Waals surface area contributed by atoms with Crippen molar-refractivity contribution in [1.82, 2.24) is 4.90 Å². The van der Waals surface area contributed by atoms with Gasteiger partial charge in [-0.05, 0) is 31.1 Å². The standard InChI is InChI=1S/C18H35N3O4/c1-6-7-8-15(18(24)25)21(16(22)13(19)9-11(2)3)17(23)14(20)10-12(4)5/h11-15H,6-10,19-20H2,1-5H3,(H,24,25). The first kappa shape index (κ1) is 23.5. The summed E-state index contributed by atoms with van der Waals surface area (Å²) < 4.78 is 0. The molecule has 0 fully saturated rings. The van der Waals surface area contributed by atoms with Crippen molar-refractivity contribution in [3.05, 3.63) is 0 Å². The number of nitrogens with zero attached hydrogens (tertiary/aromatic N) is 1. The highest BCUT2D eigenvalue weighted by atomic mass is 16.4. The van der Waals surface area contributed by atoms with E-state index in [-0.39, 0.29) is 18.3 Å². The molecule has 0 saturated heterocycles. The van der Waals surface area contributed by atoms with Gasteiger partial charge in [-0.3, -0.25) is 14.5 Å². The van der Waals surface area contributed by atoms with Crippen LogP contribution in [-0.2, 0) is 14.4 Å². The quantitative estimate of drug-likeness (QED) is 0.517. The molecular formula is C18H35N3O4. The fraction of sp³-hybridized carbons (Fsp3) is 0.833. The molecule has 3 atom stereocenters. The largest absolute Gasteiger partial charge is 0.480 e. The third kappa shape index (κ3) is 7.96. The molecule has 7 nitrogen and oxygen atoms in total. The van der Waals surface area contributed by atoms with Crippen molar-refractivity contribution in [2.45, 2.75) is 84.8 Å². The molecule has 7 heteroatoms. The molecule has 0 saturated carbocycles. The summed E-state index contributed by atoms with van der Waals surface area (Å²) in [6, 6.07) is -3.06. The number of unbranched alkanes of at least 4 members (excludes halogenated alkanes) is 1. The summed E-state index contributed by atoms with van der Waals surface area (Å²) in [5, 5.41) is 9.57. The van der Waals surface area contributed by atoms with Crippen molar-refractivity contribution in [3.63, 3.8) is 0 Å². The minimum absolute atomic E-state index is 0.152. The Bertz CT molecular complexity index is 424. The van der Waals surface area contributed by atoms with Gasteiger partial charge < -0.3 is 16.6 Å². The molecule has 0 rings (SSSR count). The molecule has 0 aromatic carbocycles. The molecular weight excluding hydrogens is 322 g/mol. The van der Waals surface area contributed by atoms with Crippen LogP contribution in [-0.4, -0.2) is 45.9 Å². The number of imide groups is 1. The van der Waals surface area contributed by atoms with Crippen molar-refractivity contribution in [1.29, 1.82) is 0 Å². The number of carboxylic acid groups (broad SMARTS) is 1. The van der Waals surface area contributed by atoms with Crippen LogP contribution in [0.15, 0.2) is 0 Å². The third-order valence-electron chi connectivity index (χ3n) is 3.99. The minimum atomic E-state index is -1.23. The van der Waals surface area contributed by atoms with Crippen molar-refractivity contribution >= 4 is 17.8 Å². The van der Waals surface area contributed by atoms with E-state index in [1.54, 1.807) is 0 Å². The topological polar surface area (TPSA) is 127 Å². The van der Waals surface area contributed by atoms with E-state index in [2.05, 4.69) is 0 Å². The number of carbonyl (C=O) groups excluding carboxylic acids is 2. The van der Waals surface area contributed by atoms with Gasteiger partial charge in [0.25, 0.3) is 0 Å². The lowest BCUT2D eigenvalue weighted by molar-refractivity contribution is -0.160. The zero-order valence-corrected chi connectivity index (χ0v) is 16.2. The maximum Gasteiger partial charge on any atom is 0.326 e. The Morgan fingerprint density at radius 1 is 0.920 bits per heavy atom. The summed E-state index contributed by atoms with van der Waals surface area (Å²) in [5.41, 5.74) is 11.9. The van der Waals surface area contributed by atoms with Gasteiger partial charge in [-0.1, -0.05) is 47.5 Å². The molecule has 5 N–H and O–H groups in total. The van der Waals surface area contributed by atoms with Crippen molar-refractivity contribution in [3.8, 4) is 0 Å². The molecule has 0 aromatic heterocycles. The minimum Gasteiger partial charge on any atom is -0.480 e. The highest BCUT2D eigenvalue weighted by Crippen LogP contribution is 2.17. The predicted molar refractivity (Wildman–Crippen MR) is 97.7 cm³/mol. The van der Waals surface area contributed by atoms with E-state index in [4.69, 9.17) is 11.5 Å². The zero-order valence-electron chi connectivity index (χ0n) is 16.2. The van der Waals surface area contributed by atoms with Crippen LogP contribution in [0.5, 0.6) is 0 Å². The lowest BCUT2D eigenvalue weighted by Gasteiger charge is -2.32. The smallest absolute Gasteiger partial charge is 0.326 e. The number of hydrogen-bond donors (Lipinski definition) is 3. The second-order valence-electron chi connectivity index (χ2n) is 7.51. The number of carboxylic acids is 1. The highest BCUT2D eigenvalue weighted by molar-refractivity contribution is 6.03. The van der Waals surface area contributed by atoms with Crippen LogP contribution in [0, 0.1) is 11.8 Å². The van der Waals surface area contributed by atoms with Crippen LogP contribution in [0.1, 0.15) is 66.7 Å².